The van der Waals surface area contributed by atoms with E-state index in [4.69, 9.17) is 16.3 Å². The molecule has 0 atom stereocenters. The predicted octanol–water partition coefficient (Wildman–Crippen LogP) is 3.57. The van der Waals surface area contributed by atoms with Crippen molar-refractivity contribution in [1.29, 1.82) is 0 Å². The number of carbonyl (C=O) groups is 1. The van der Waals surface area contributed by atoms with Gasteiger partial charge in [0.15, 0.2) is 6.61 Å². The van der Waals surface area contributed by atoms with Crippen LogP contribution < -0.4 is 14.8 Å². The highest BCUT2D eigenvalue weighted by atomic mass is 35.5. The number of hydrogen-bond donors (Lipinski definition) is 2. The van der Waals surface area contributed by atoms with Crippen molar-refractivity contribution in [3.63, 3.8) is 0 Å². The van der Waals surface area contributed by atoms with Gasteiger partial charge in [-0.25, -0.2) is 23.1 Å². The molecule has 2 aromatic carbocycles. The van der Waals surface area contributed by atoms with Crippen LogP contribution in [0, 0.1) is 13.8 Å². The Balaban J connectivity index is 1.59. The molecule has 0 fully saturated rings. The molecule has 3 aromatic rings. The molecule has 0 saturated heterocycles. The second-order valence-electron chi connectivity index (χ2n) is 6.41. The first-order chi connectivity index (χ1) is 14.2. The molecule has 1 amide bonds. The molecule has 1 heterocycles. The van der Waals surface area contributed by atoms with Gasteiger partial charge in [0.05, 0.1) is 4.90 Å². The van der Waals surface area contributed by atoms with Gasteiger partial charge in [-0.2, -0.15) is 0 Å². The number of aryl methyl sites for hydroxylation is 2. The van der Waals surface area contributed by atoms with Gasteiger partial charge in [-0.3, -0.25) is 4.79 Å². The van der Waals surface area contributed by atoms with E-state index in [1.54, 1.807) is 18.2 Å². The van der Waals surface area contributed by atoms with Crippen molar-refractivity contribution in [2.45, 2.75) is 18.7 Å². The van der Waals surface area contributed by atoms with Crippen molar-refractivity contribution >= 4 is 39.2 Å². The molecule has 0 aliphatic carbocycles. The molecule has 1 aromatic heterocycles. The fraction of sp³-hybridized carbons (Fsp3) is 0.150. The number of nitrogens with one attached hydrogen (secondary N) is 2. The molecule has 0 aliphatic heterocycles. The number of ether oxygens (including phenoxy) is 1. The Hall–Kier alpha value is -3.17. The molecular weight excluding hydrogens is 428 g/mol. The quantitative estimate of drug-likeness (QED) is 0.574. The number of carbonyl (C=O) groups excluding carboxylic acids is 1. The molecule has 0 radical (unpaired) electrons. The van der Waals surface area contributed by atoms with Crippen molar-refractivity contribution in [2.24, 2.45) is 0 Å². The lowest BCUT2D eigenvalue weighted by atomic mass is 10.1. The molecule has 0 saturated carbocycles. The van der Waals surface area contributed by atoms with Gasteiger partial charge in [0.1, 0.15) is 5.75 Å². The highest BCUT2D eigenvalue weighted by molar-refractivity contribution is 7.92. The summed E-state index contributed by atoms with van der Waals surface area (Å²) in [5, 5.41) is 3.31. The standard InChI is InChI=1S/C20H19ClN4O4S/c1-13-10-16(11-14(2)19(13)21)29-12-18(26)24-15-4-6-17(7-5-15)30(27,28)25-20-22-8-3-9-23-20/h3-11H,12H2,1-2H3,(H,24,26)(H,22,23,25). The van der Waals surface area contributed by atoms with Crippen molar-refractivity contribution < 1.29 is 17.9 Å². The van der Waals surface area contributed by atoms with Gasteiger partial charge in [0, 0.05) is 23.1 Å². The Morgan fingerprint density at radius 3 is 2.27 bits per heavy atom. The zero-order chi connectivity index (χ0) is 21.7. The maximum absolute atomic E-state index is 12.4. The number of nitrogens with zero attached hydrogens (tertiary/aromatic N) is 2. The van der Waals surface area contributed by atoms with E-state index in [-0.39, 0.29) is 23.4 Å². The van der Waals surface area contributed by atoms with Gasteiger partial charge < -0.3 is 10.1 Å². The van der Waals surface area contributed by atoms with Crippen molar-refractivity contribution in [1.82, 2.24) is 9.97 Å². The fourth-order valence-electron chi connectivity index (χ4n) is 2.58. The zero-order valence-electron chi connectivity index (χ0n) is 16.2. The van der Waals surface area contributed by atoms with Crippen LogP contribution in [0.5, 0.6) is 5.75 Å². The summed E-state index contributed by atoms with van der Waals surface area (Å²) in [5.74, 6) is 0.131. The summed E-state index contributed by atoms with van der Waals surface area (Å²) in [7, 11) is -3.84. The van der Waals surface area contributed by atoms with E-state index < -0.39 is 10.0 Å². The van der Waals surface area contributed by atoms with Crippen molar-refractivity contribution in [2.75, 3.05) is 16.6 Å². The number of rotatable bonds is 7. The minimum atomic E-state index is -3.84. The molecule has 8 nitrogen and oxygen atoms in total. The molecule has 30 heavy (non-hydrogen) atoms. The lowest BCUT2D eigenvalue weighted by molar-refractivity contribution is -0.118. The first-order valence-corrected chi connectivity index (χ1v) is 10.7. The van der Waals surface area contributed by atoms with Crippen LogP contribution >= 0.6 is 11.6 Å². The second kappa shape index (κ2) is 9.10. The molecule has 0 unspecified atom stereocenters. The van der Waals surface area contributed by atoms with E-state index in [0.29, 0.717) is 16.5 Å². The van der Waals surface area contributed by atoms with E-state index in [0.717, 1.165) is 11.1 Å². The van der Waals surface area contributed by atoms with Crippen LogP contribution in [0.3, 0.4) is 0 Å². The zero-order valence-corrected chi connectivity index (χ0v) is 17.8. The smallest absolute Gasteiger partial charge is 0.264 e. The maximum Gasteiger partial charge on any atom is 0.264 e. The van der Waals surface area contributed by atoms with Crippen LogP contribution in [0.4, 0.5) is 11.6 Å². The SMILES string of the molecule is Cc1cc(OCC(=O)Nc2ccc(S(=O)(=O)Nc3ncccn3)cc2)cc(C)c1Cl. The molecular formula is C20H19ClN4O4S. The normalized spacial score (nSPS) is 11.0. The van der Waals surface area contributed by atoms with E-state index in [1.165, 1.54) is 36.7 Å². The molecule has 156 valence electrons. The van der Waals surface area contributed by atoms with Gasteiger partial charge >= 0.3 is 0 Å². The first kappa shape index (κ1) is 21.5. The summed E-state index contributed by atoms with van der Waals surface area (Å²) >= 11 is 6.12. The number of halogens is 1. The summed E-state index contributed by atoms with van der Waals surface area (Å²) in [6.07, 6.45) is 2.86. The lowest BCUT2D eigenvalue weighted by Crippen LogP contribution is -2.20. The summed E-state index contributed by atoms with van der Waals surface area (Å²) in [4.78, 5) is 19.8. The number of amides is 1. The van der Waals surface area contributed by atoms with Crippen LogP contribution in [0.15, 0.2) is 59.8 Å². The highest BCUT2D eigenvalue weighted by Crippen LogP contribution is 2.25. The molecule has 0 bridgehead atoms. The third-order valence-corrected chi connectivity index (χ3v) is 5.96. The first-order valence-electron chi connectivity index (χ1n) is 8.84. The maximum atomic E-state index is 12.4. The summed E-state index contributed by atoms with van der Waals surface area (Å²) in [5.41, 5.74) is 2.15. The minimum absolute atomic E-state index is 0.0105. The number of benzene rings is 2. The third-order valence-electron chi connectivity index (χ3n) is 4.02. The molecule has 3 rings (SSSR count). The van der Waals surface area contributed by atoms with Crippen molar-refractivity contribution in [3.05, 3.63) is 71.0 Å². The largest absolute Gasteiger partial charge is 0.484 e. The topological polar surface area (TPSA) is 110 Å². The Morgan fingerprint density at radius 2 is 1.67 bits per heavy atom. The lowest BCUT2D eigenvalue weighted by Gasteiger charge is -2.11. The van der Waals surface area contributed by atoms with E-state index >= 15 is 0 Å². The highest BCUT2D eigenvalue weighted by Gasteiger charge is 2.15. The van der Waals surface area contributed by atoms with E-state index in [1.807, 2.05) is 13.8 Å². The van der Waals surface area contributed by atoms with Crippen molar-refractivity contribution in [3.8, 4) is 5.75 Å². The van der Waals surface area contributed by atoms with Gasteiger partial charge in [-0.05, 0) is 67.4 Å². The predicted molar refractivity (Wildman–Crippen MR) is 114 cm³/mol. The van der Waals surface area contributed by atoms with Crippen LogP contribution in [0.1, 0.15) is 11.1 Å². The average molecular weight is 447 g/mol. The summed E-state index contributed by atoms with van der Waals surface area (Å²) in [6, 6.07) is 10.8. The van der Waals surface area contributed by atoms with Crippen LogP contribution in [-0.2, 0) is 14.8 Å². The van der Waals surface area contributed by atoms with E-state index in [2.05, 4.69) is 20.0 Å². The Morgan fingerprint density at radius 1 is 1.07 bits per heavy atom. The van der Waals surface area contributed by atoms with Gasteiger partial charge in [-0.15, -0.1) is 0 Å². The van der Waals surface area contributed by atoms with E-state index in [9.17, 15) is 13.2 Å². The molecule has 2 N–H and O–H groups in total. The monoisotopic (exact) mass is 446 g/mol. The Kier molecular flexibility index (Phi) is 6.53. The van der Waals surface area contributed by atoms with Gasteiger partial charge in [0.2, 0.25) is 5.95 Å². The second-order valence-corrected chi connectivity index (χ2v) is 8.47. The number of hydrogen-bond acceptors (Lipinski definition) is 6. The van der Waals surface area contributed by atoms with Crippen LogP contribution in [0.25, 0.3) is 0 Å². The average Bonchev–Trinajstić information content (AvgIpc) is 2.71. The summed E-state index contributed by atoms with van der Waals surface area (Å²) in [6.45, 7) is 3.51. The number of anilines is 2. The Bertz CT molecular complexity index is 1130. The Labute approximate surface area is 179 Å². The minimum Gasteiger partial charge on any atom is -0.484 e. The third kappa shape index (κ3) is 5.46. The van der Waals surface area contributed by atoms with Crippen LogP contribution in [-0.4, -0.2) is 30.9 Å². The van der Waals surface area contributed by atoms with Crippen LogP contribution in [0.2, 0.25) is 5.02 Å². The fourth-order valence-corrected chi connectivity index (χ4v) is 3.65. The molecule has 10 heteroatoms. The van der Waals surface area contributed by atoms with Gasteiger partial charge in [0.25, 0.3) is 15.9 Å². The number of sulfonamides is 1. The summed E-state index contributed by atoms with van der Waals surface area (Å²) < 4.78 is 32.5. The number of aromatic nitrogens is 2. The van der Waals surface area contributed by atoms with Gasteiger partial charge in [-0.1, -0.05) is 11.6 Å². The molecule has 0 spiro atoms. The molecule has 0 aliphatic rings.